The molecule has 1 fully saturated rings. The summed E-state index contributed by atoms with van der Waals surface area (Å²) in [6.07, 6.45) is 0.403. The number of nitrogens with zero attached hydrogens (tertiary/aromatic N) is 1. The molecule has 104 valence electrons. The number of benzene rings is 1. The maximum Gasteiger partial charge on any atom is 0.227 e. The third kappa shape index (κ3) is 3.47. The van der Waals surface area contributed by atoms with Gasteiger partial charge in [-0.25, -0.2) is 0 Å². The van der Waals surface area contributed by atoms with Gasteiger partial charge in [0.15, 0.2) is 0 Å². The fourth-order valence-corrected chi connectivity index (χ4v) is 2.48. The predicted octanol–water partition coefficient (Wildman–Crippen LogP) is 1.45. The van der Waals surface area contributed by atoms with E-state index in [1.165, 1.54) is 0 Å². The molecule has 0 unspecified atom stereocenters. The van der Waals surface area contributed by atoms with Gasteiger partial charge in [0.1, 0.15) is 5.75 Å². The van der Waals surface area contributed by atoms with Crippen molar-refractivity contribution in [3.8, 4) is 5.75 Å². The van der Waals surface area contributed by atoms with E-state index in [2.05, 4.69) is 19.2 Å². The minimum Gasteiger partial charge on any atom is -0.496 e. The molecule has 1 amide bonds. The molecule has 2 rings (SSSR count). The third-order valence-corrected chi connectivity index (χ3v) is 3.46. The van der Waals surface area contributed by atoms with Crippen molar-refractivity contribution in [2.45, 2.75) is 25.8 Å². The quantitative estimate of drug-likeness (QED) is 0.896. The number of carbonyl (C=O) groups excluding carboxylic acids is 1. The Morgan fingerprint density at radius 1 is 1.42 bits per heavy atom. The molecule has 0 aromatic heterocycles. The Morgan fingerprint density at radius 3 is 2.84 bits per heavy atom. The first-order valence-electron chi connectivity index (χ1n) is 6.66. The number of hydrogen-bond donors (Lipinski definition) is 1. The number of carbonyl (C=O) groups is 1. The van der Waals surface area contributed by atoms with Gasteiger partial charge >= 0.3 is 0 Å². The normalized spacial score (nSPS) is 18.2. The molecule has 4 heteroatoms. The monoisotopic (exact) mass is 262 g/mol. The second-order valence-electron chi connectivity index (χ2n) is 5.61. The van der Waals surface area contributed by atoms with E-state index in [-0.39, 0.29) is 11.4 Å². The van der Waals surface area contributed by atoms with Crippen LogP contribution in [0.1, 0.15) is 19.4 Å². The summed E-state index contributed by atoms with van der Waals surface area (Å²) in [5.74, 6) is 0.948. The molecule has 1 aliphatic heterocycles. The van der Waals surface area contributed by atoms with E-state index in [4.69, 9.17) is 4.74 Å². The average molecular weight is 262 g/mol. The van der Waals surface area contributed by atoms with Gasteiger partial charge in [0.25, 0.3) is 0 Å². The van der Waals surface area contributed by atoms with Crippen LogP contribution >= 0.6 is 0 Å². The first kappa shape index (κ1) is 13.9. The van der Waals surface area contributed by atoms with Gasteiger partial charge in [-0.1, -0.05) is 18.2 Å². The van der Waals surface area contributed by atoms with Crippen LogP contribution in [0.2, 0.25) is 0 Å². The smallest absolute Gasteiger partial charge is 0.227 e. The Bertz CT molecular complexity index is 457. The van der Waals surface area contributed by atoms with Gasteiger partial charge in [0, 0.05) is 30.7 Å². The van der Waals surface area contributed by atoms with Crippen molar-refractivity contribution < 1.29 is 9.53 Å². The highest BCUT2D eigenvalue weighted by Crippen LogP contribution is 2.19. The zero-order valence-electron chi connectivity index (χ0n) is 11.9. The zero-order chi connectivity index (χ0) is 13.9. The first-order chi connectivity index (χ1) is 9.02. The molecule has 0 aliphatic carbocycles. The van der Waals surface area contributed by atoms with E-state index in [0.717, 1.165) is 30.9 Å². The van der Waals surface area contributed by atoms with Crippen LogP contribution in [0.5, 0.6) is 5.75 Å². The van der Waals surface area contributed by atoms with Crippen LogP contribution in [-0.4, -0.2) is 43.1 Å². The standard InChI is InChI=1S/C15H22N2O2/c1-15(2)11-17(9-8-16-15)14(18)10-12-6-4-5-7-13(12)19-3/h4-7,16H,8-11H2,1-3H3. The number of methoxy groups -OCH3 is 1. The van der Waals surface area contributed by atoms with Crippen molar-refractivity contribution in [1.82, 2.24) is 10.2 Å². The van der Waals surface area contributed by atoms with Gasteiger partial charge in [-0.3, -0.25) is 4.79 Å². The molecule has 0 spiro atoms. The van der Waals surface area contributed by atoms with Crippen molar-refractivity contribution in [3.63, 3.8) is 0 Å². The summed E-state index contributed by atoms with van der Waals surface area (Å²) in [5, 5.41) is 3.41. The Balaban J connectivity index is 2.04. The summed E-state index contributed by atoms with van der Waals surface area (Å²) in [5.41, 5.74) is 0.945. The third-order valence-electron chi connectivity index (χ3n) is 3.46. The van der Waals surface area contributed by atoms with Gasteiger partial charge in [-0.15, -0.1) is 0 Å². The molecule has 1 aromatic carbocycles. The van der Waals surface area contributed by atoms with Crippen molar-refractivity contribution in [3.05, 3.63) is 29.8 Å². The number of nitrogens with one attached hydrogen (secondary N) is 1. The Hall–Kier alpha value is -1.55. The van der Waals surface area contributed by atoms with Gasteiger partial charge < -0.3 is 15.0 Å². The van der Waals surface area contributed by atoms with Crippen molar-refractivity contribution >= 4 is 5.91 Å². The molecule has 0 radical (unpaired) electrons. The van der Waals surface area contributed by atoms with Crippen LogP contribution in [0.25, 0.3) is 0 Å². The highest BCUT2D eigenvalue weighted by molar-refractivity contribution is 5.79. The summed E-state index contributed by atoms with van der Waals surface area (Å²) < 4.78 is 5.29. The maximum absolute atomic E-state index is 12.4. The van der Waals surface area contributed by atoms with Gasteiger partial charge in [-0.2, -0.15) is 0 Å². The van der Waals surface area contributed by atoms with E-state index < -0.39 is 0 Å². The molecular weight excluding hydrogens is 240 g/mol. The Morgan fingerprint density at radius 2 is 2.16 bits per heavy atom. The van der Waals surface area contributed by atoms with E-state index in [1.807, 2.05) is 29.2 Å². The summed E-state index contributed by atoms with van der Waals surface area (Å²) in [7, 11) is 1.64. The van der Waals surface area contributed by atoms with Crippen LogP contribution in [0.3, 0.4) is 0 Å². The first-order valence-corrected chi connectivity index (χ1v) is 6.66. The van der Waals surface area contributed by atoms with Crippen molar-refractivity contribution in [1.29, 1.82) is 0 Å². The summed E-state index contributed by atoms with van der Waals surface area (Å²) in [4.78, 5) is 14.3. The highest BCUT2D eigenvalue weighted by Gasteiger charge is 2.28. The summed E-state index contributed by atoms with van der Waals surface area (Å²) in [6.45, 7) is 6.62. The van der Waals surface area contributed by atoms with Gasteiger partial charge in [0.2, 0.25) is 5.91 Å². The van der Waals surface area contributed by atoms with E-state index in [0.29, 0.717) is 6.42 Å². The number of para-hydroxylation sites is 1. The van der Waals surface area contributed by atoms with Crippen LogP contribution in [0.4, 0.5) is 0 Å². The lowest BCUT2D eigenvalue weighted by molar-refractivity contribution is -0.132. The molecule has 19 heavy (non-hydrogen) atoms. The number of piperazine rings is 1. The zero-order valence-corrected chi connectivity index (χ0v) is 11.9. The Labute approximate surface area is 114 Å². The number of hydrogen-bond acceptors (Lipinski definition) is 3. The fraction of sp³-hybridized carbons (Fsp3) is 0.533. The van der Waals surface area contributed by atoms with Crippen LogP contribution in [0, 0.1) is 0 Å². The molecule has 0 bridgehead atoms. The van der Waals surface area contributed by atoms with E-state index >= 15 is 0 Å². The average Bonchev–Trinajstić information content (AvgIpc) is 2.38. The predicted molar refractivity (Wildman–Crippen MR) is 75.4 cm³/mol. The van der Waals surface area contributed by atoms with Crippen molar-refractivity contribution in [2.24, 2.45) is 0 Å². The molecule has 1 heterocycles. The lowest BCUT2D eigenvalue weighted by Crippen LogP contribution is -2.58. The van der Waals surface area contributed by atoms with Crippen LogP contribution in [-0.2, 0) is 11.2 Å². The molecule has 1 aromatic rings. The molecule has 1 saturated heterocycles. The summed E-state index contributed by atoms with van der Waals surface area (Å²) in [6, 6.07) is 7.70. The number of rotatable bonds is 3. The molecule has 4 nitrogen and oxygen atoms in total. The van der Waals surface area contributed by atoms with Gasteiger partial charge in [0.05, 0.1) is 13.5 Å². The number of ether oxygens (including phenoxy) is 1. The molecule has 1 aliphatic rings. The molecule has 1 N–H and O–H groups in total. The molecular formula is C15H22N2O2. The minimum absolute atomic E-state index is 0.00527. The van der Waals surface area contributed by atoms with Crippen molar-refractivity contribution in [2.75, 3.05) is 26.7 Å². The van der Waals surface area contributed by atoms with Gasteiger partial charge in [-0.05, 0) is 19.9 Å². The highest BCUT2D eigenvalue weighted by atomic mass is 16.5. The van der Waals surface area contributed by atoms with E-state index in [1.54, 1.807) is 7.11 Å². The lowest BCUT2D eigenvalue weighted by Gasteiger charge is -2.39. The second kappa shape index (κ2) is 5.61. The molecule has 0 saturated carbocycles. The fourth-order valence-electron chi connectivity index (χ4n) is 2.48. The lowest BCUT2D eigenvalue weighted by atomic mass is 10.0. The SMILES string of the molecule is COc1ccccc1CC(=O)N1CCNC(C)(C)C1. The van der Waals surface area contributed by atoms with Crippen LogP contribution < -0.4 is 10.1 Å². The summed E-state index contributed by atoms with van der Waals surface area (Å²) >= 11 is 0. The maximum atomic E-state index is 12.4. The Kier molecular flexibility index (Phi) is 4.10. The van der Waals surface area contributed by atoms with E-state index in [9.17, 15) is 4.79 Å². The number of amides is 1. The molecule has 0 atom stereocenters. The topological polar surface area (TPSA) is 41.6 Å². The van der Waals surface area contributed by atoms with Crippen LogP contribution in [0.15, 0.2) is 24.3 Å². The second-order valence-corrected chi connectivity index (χ2v) is 5.61. The largest absolute Gasteiger partial charge is 0.496 e. The minimum atomic E-state index is -0.00527.